The van der Waals surface area contributed by atoms with Crippen molar-refractivity contribution in [3.8, 4) is 0 Å². The predicted molar refractivity (Wildman–Crippen MR) is 71.6 cm³/mol. The van der Waals surface area contributed by atoms with E-state index in [0.29, 0.717) is 12.3 Å². The van der Waals surface area contributed by atoms with Crippen molar-refractivity contribution in [1.29, 1.82) is 0 Å². The summed E-state index contributed by atoms with van der Waals surface area (Å²) >= 11 is 0. The van der Waals surface area contributed by atoms with Gasteiger partial charge in [-0.1, -0.05) is 32.8 Å². The van der Waals surface area contributed by atoms with Crippen molar-refractivity contribution in [3.63, 3.8) is 0 Å². The molecular formula is C15H23F2N. The number of rotatable bonds is 7. The van der Waals surface area contributed by atoms with Gasteiger partial charge in [-0.3, -0.25) is 0 Å². The molecule has 0 saturated heterocycles. The maximum absolute atomic E-state index is 13.5. The zero-order valence-corrected chi connectivity index (χ0v) is 11.5. The van der Waals surface area contributed by atoms with Crippen LogP contribution >= 0.6 is 0 Å². The van der Waals surface area contributed by atoms with Crippen molar-refractivity contribution >= 4 is 0 Å². The molecule has 0 aliphatic heterocycles. The highest BCUT2D eigenvalue weighted by molar-refractivity contribution is 5.20. The van der Waals surface area contributed by atoms with E-state index in [0.717, 1.165) is 19.3 Å². The average Bonchev–Trinajstić information content (AvgIpc) is 2.31. The van der Waals surface area contributed by atoms with Crippen molar-refractivity contribution in [1.82, 2.24) is 5.32 Å². The van der Waals surface area contributed by atoms with E-state index in [9.17, 15) is 8.78 Å². The SMILES string of the molecule is CNC(CCCC(C)C)Cc1c(F)cccc1F. The Hall–Kier alpha value is -0.960. The molecule has 0 aliphatic rings. The Bertz CT molecular complexity index is 343. The smallest absolute Gasteiger partial charge is 0.129 e. The molecule has 0 amide bonds. The molecule has 0 spiro atoms. The molecule has 102 valence electrons. The van der Waals surface area contributed by atoms with E-state index >= 15 is 0 Å². The van der Waals surface area contributed by atoms with Gasteiger partial charge in [0.25, 0.3) is 0 Å². The molecule has 0 saturated carbocycles. The van der Waals surface area contributed by atoms with E-state index in [2.05, 4.69) is 19.2 Å². The van der Waals surface area contributed by atoms with Crippen LogP contribution in [0, 0.1) is 17.6 Å². The molecule has 1 nitrogen and oxygen atoms in total. The molecule has 1 N–H and O–H groups in total. The lowest BCUT2D eigenvalue weighted by Gasteiger charge is -2.17. The van der Waals surface area contributed by atoms with Crippen molar-refractivity contribution < 1.29 is 8.78 Å². The monoisotopic (exact) mass is 255 g/mol. The molecule has 0 fully saturated rings. The Kier molecular flexibility index (Phi) is 6.27. The number of hydrogen-bond donors (Lipinski definition) is 1. The van der Waals surface area contributed by atoms with Gasteiger partial charge in [-0.05, 0) is 37.9 Å². The zero-order valence-electron chi connectivity index (χ0n) is 11.5. The Morgan fingerprint density at radius 3 is 2.22 bits per heavy atom. The van der Waals surface area contributed by atoms with Crippen molar-refractivity contribution in [2.75, 3.05) is 7.05 Å². The number of benzene rings is 1. The molecular weight excluding hydrogens is 232 g/mol. The van der Waals surface area contributed by atoms with Gasteiger partial charge in [-0.25, -0.2) is 8.78 Å². The summed E-state index contributed by atoms with van der Waals surface area (Å²) in [5, 5.41) is 3.15. The maximum atomic E-state index is 13.5. The van der Waals surface area contributed by atoms with Gasteiger partial charge >= 0.3 is 0 Å². The second kappa shape index (κ2) is 7.47. The van der Waals surface area contributed by atoms with E-state index < -0.39 is 11.6 Å². The standard InChI is InChI=1S/C15H23F2N/c1-11(2)6-4-7-12(18-3)10-13-14(16)8-5-9-15(13)17/h5,8-9,11-12,18H,4,6-7,10H2,1-3H3. The summed E-state index contributed by atoms with van der Waals surface area (Å²) in [5.41, 5.74) is 0.196. The van der Waals surface area contributed by atoms with E-state index in [-0.39, 0.29) is 11.6 Å². The largest absolute Gasteiger partial charge is 0.317 e. The maximum Gasteiger partial charge on any atom is 0.129 e. The zero-order chi connectivity index (χ0) is 13.5. The number of hydrogen-bond acceptors (Lipinski definition) is 1. The third-order valence-corrected chi connectivity index (χ3v) is 3.25. The minimum absolute atomic E-state index is 0.134. The second-order valence-electron chi connectivity index (χ2n) is 5.21. The number of halogens is 2. The van der Waals surface area contributed by atoms with E-state index in [1.165, 1.54) is 18.2 Å². The minimum atomic E-state index is -0.445. The predicted octanol–water partition coefficient (Wildman–Crippen LogP) is 3.92. The Morgan fingerprint density at radius 2 is 1.72 bits per heavy atom. The van der Waals surface area contributed by atoms with Gasteiger partial charge in [-0.15, -0.1) is 0 Å². The molecule has 1 aromatic carbocycles. The molecule has 0 aromatic heterocycles. The fourth-order valence-electron chi connectivity index (χ4n) is 2.09. The fourth-order valence-corrected chi connectivity index (χ4v) is 2.09. The summed E-state index contributed by atoms with van der Waals surface area (Å²) in [4.78, 5) is 0. The summed E-state index contributed by atoms with van der Waals surface area (Å²) in [6, 6.07) is 4.18. The first-order chi connectivity index (χ1) is 8.54. The molecule has 1 unspecified atom stereocenters. The van der Waals surface area contributed by atoms with Gasteiger partial charge in [0.05, 0.1) is 0 Å². The Morgan fingerprint density at radius 1 is 1.11 bits per heavy atom. The lowest BCUT2D eigenvalue weighted by Crippen LogP contribution is -2.28. The Labute approximate surface area is 109 Å². The van der Waals surface area contributed by atoms with Crippen LogP contribution in [0.25, 0.3) is 0 Å². The van der Waals surface area contributed by atoms with Gasteiger partial charge < -0.3 is 5.32 Å². The van der Waals surface area contributed by atoms with Crippen LogP contribution in [0.1, 0.15) is 38.7 Å². The summed E-state index contributed by atoms with van der Waals surface area (Å²) < 4.78 is 27.1. The highest BCUT2D eigenvalue weighted by Crippen LogP contribution is 2.17. The third kappa shape index (κ3) is 4.73. The molecule has 3 heteroatoms. The molecule has 0 radical (unpaired) electrons. The summed E-state index contributed by atoms with van der Waals surface area (Å²) in [6.07, 6.45) is 3.59. The van der Waals surface area contributed by atoms with Gasteiger partial charge in [0.2, 0.25) is 0 Å². The highest BCUT2D eigenvalue weighted by atomic mass is 19.1. The Balaban J connectivity index is 2.57. The van der Waals surface area contributed by atoms with Crippen LogP contribution in [-0.4, -0.2) is 13.1 Å². The van der Waals surface area contributed by atoms with Crippen LogP contribution in [0.5, 0.6) is 0 Å². The normalized spacial score (nSPS) is 13.0. The molecule has 1 rings (SSSR count). The quantitative estimate of drug-likeness (QED) is 0.778. The molecule has 1 aromatic rings. The lowest BCUT2D eigenvalue weighted by molar-refractivity contribution is 0.443. The summed E-state index contributed by atoms with van der Waals surface area (Å²) in [5.74, 6) is -0.217. The van der Waals surface area contributed by atoms with Crippen LogP contribution in [0.15, 0.2) is 18.2 Å². The molecule has 0 aliphatic carbocycles. The number of nitrogens with one attached hydrogen (secondary N) is 1. The summed E-state index contributed by atoms with van der Waals surface area (Å²) in [6.45, 7) is 4.37. The van der Waals surface area contributed by atoms with E-state index in [1.54, 1.807) is 0 Å². The average molecular weight is 255 g/mol. The van der Waals surface area contributed by atoms with Crippen LogP contribution in [-0.2, 0) is 6.42 Å². The highest BCUT2D eigenvalue weighted by Gasteiger charge is 2.14. The van der Waals surface area contributed by atoms with Crippen LogP contribution in [0.2, 0.25) is 0 Å². The fraction of sp³-hybridized carbons (Fsp3) is 0.600. The van der Waals surface area contributed by atoms with Crippen molar-refractivity contribution in [2.24, 2.45) is 5.92 Å². The van der Waals surface area contributed by atoms with Crippen molar-refractivity contribution in [2.45, 2.75) is 45.6 Å². The topological polar surface area (TPSA) is 12.0 Å². The molecule has 0 heterocycles. The van der Waals surface area contributed by atoms with Crippen LogP contribution in [0.3, 0.4) is 0 Å². The third-order valence-electron chi connectivity index (χ3n) is 3.25. The first kappa shape index (κ1) is 15.1. The van der Waals surface area contributed by atoms with Crippen LogP contribution < -0.4 is 5.32 Å². The van der Waals surface area contributed by atoms with Crippen LogP contribution in [0.4, 0.5) is 8.78 Å². The molecule has 18 heavy (non-hydrogen) atoms. The van der Waals surface area contributed by atoms with Gasteiger partial charge in [0, 0.05) is 11.6 Å². The van der Waals surface area contributed by atoms with Gasteiger partial charge in [0.1, 0.15) is 11.6 Å². The van der Waals surface area contributed by atoms with E-state index in [1.807, 2.05) is 7.05 Å². The number of likely N-dealkylation sites (N-methyl/N-ethyl adjacent to an activating group) is 1. The molecule has 0 bridgehead atoms. The second-order valence-corrected chi connectivity index (χ2v) is 5.21. The van der Waals surface area contributed by atoms with Crippen molar-refractivity contribution in [3.05, 3.63) is 35.4 Å². The van der Waals surface area contributed by atoms with Gasteiger partial charge in [-0.2, -0.15) is 0 Å². The summed E-state index contributed by atoms with van der Waals surface area (Å²) in [7, 11) is 1.85. The first-order valence-corrected chi connectivity index (χ1v) is 6.64. The molecule has 1 atom stereocenters. The minimum Gasteiger partial charge on any atom is -0.317 e. The van der Waals surface area contributed by atoms with Gasteiger partial charge in [0.15, 0.2) is 0 Å². The lowest BCUT2D eigenvalue weighted by atomic mass is 9.98. The van der Waals surface area contributed by atoms with E-state index in [4.69, 9.17) is 0 Å². The first-order valence-electron chi connectivity index (χ1n) is 6.64.